The summed E-state index contributed by atoms with van der Waals surface area (Å²) in [7, 11) is 0. The monoisotopic (exact) mass is 421 g/mol. The molecule has 8 heteroatoms. The van der Waals surface area contributed by atoms with E-state index in [1.807, 2.05) is 30.3 Å². The van der Waals surface area contributed by atoms with E-state index in [0.717, 1.165) is 17.3 Å². The van der Waals surface area contributed by atoms with Crippen LogP contribution >= 0.6 is 11.8 Å². The van der Waals surface area contributed by atoms with Crippen LogP contribution in [0.2, 0.25) is 0 Å². The summed E-state index contributed by atoms with van der Waals surface area (Å²) in [5.74, 6) is -2.11. The molecule has 2 N–H and O–H groups in total. The fraction of sp³-hybridized carbons (Fsp3) is 0.0909. The number of carbonyl (C=O) groups excluding carboxylic acids is 1. The second-order valence-electron chi connectivity index (χ2n) is 6.18. The van der Waals surface area contributed by atoms with Crippen LogP contribution in [-0.2, 0) is 9.59 Å². The van der Waals surface area contributed by atoms with Gasteiger partial charge in [0.25, 0.3) is 0 Å². The Kier molecular flexibility index (Phi) is 6.78. The van der Waals surface area contributed by atoms with Gasteiger partial charge in [0.1, 0.15) is 23.5 Å². The van der Waals surface area contributed by atoms with Gasteiger partial charge in [0, 0.05) is 11.1 Å². The summed E-state index contributed by atoms with van der Waals surface area (Å²) >= 11 is 1.04. The zero-order valence-electron chi connectivity index (χ0n) is 15.6. The fourth-order valence-corrected chi connectivity index (χ4v) is 3.54. The largest absolute Gasteiger partial charge is 0.480 e. The van der Waals surface area contributed by atoms with Crippen molar-refractivity contribution in [3.05, 3.63) is 72.0 Å². The minimum Gasteiger partial charge on any atom is -0.480 e. The molecule has 0 atom stereocenters. The molecule has 0 aliphatic carbocycles. The molecule has 6 nitrogen and oxygen atoms in total. The SMILES string of the molecule is N#Cc1c(-c2ccccc2)cc(-c2ccc(F)cc2)nc1SCC(=O)NCC(=O)O. The fourth-order valence-electron chi connectivity index (χ4n) is 2.71. The van der Waals surface area contributed by atoms with Crippen molar-refractivity contribution in [2.75, 3.05) is 12.3 Å². The number of carboxylic acid groups (broad SMARTS) is 1. The highest BCUT2D eigenvalue weighted by atomic mass is 32.2. The highest BCUT2D eigenvalue weighted by Gasteiger charge is 2.17. The number of benzene rings is 2. The van der Waals surface area contributed by atoms with E-state index in [-0.39, 0.29) is 11.6 Å². The van der Waals surface area contributed by atoms with E-state index >= 15 is 0 Å². The van der Waals surface area contributed by atoms with Gasteiger partial charge in [0.2, 0.25) is 5.91 Å². The molecule has 1 aromatic heterocycles. The molecule has 2 aromatic carbocycles. The van der Waals surface area contributed by atoms with Crippen molar-refractivity contribution in [2.24, 2.45) is 0 Å². The first-order valence-corrected chi connectivity index (χ1v) is 9.84. The van der Waals surface area contributed by atoms with Gasteiger partial charge in [0.15, 0.2) is 0 Å². The molecule has 0 fully saturated rings. The lowest BCUT2D eigenvalue weighted by Gasteiger charge is -2.12. The van der Waals surface area contributed by atoms with Gasteiger partial charge < -0.3 is 10.4 Å². The van der Waals surface area contributed by atoms with E-state index in [1.54, 1.807) is 18.2 Å². The van der Waals surface area contributed by atoms with Gasteiger partial charge in [-0.1, -0.05) is 42.1 Å². The van der Waals surface area contributed by atoms with Crippen LogP contribution in [0.25, 0.3) is 22.4 Å². The molecule has 3 aromatic rings. The lowest BCUT2D eigenvalue weighted by atomic mass is 9.99. The number of nitrogens with one attached hydrogen (secondary N) is 1. The Hall–Kier alpha value is -3.70. The van der Waals surface area contributed by atoms with Gasteiger partial charge in [-0.05, 0) is 35.9 Å². The van der Waals surface area contributed by atoms with Gasteiger partial charge in [-0.2, -0.15) is 5.26 Å². The molecule has 1 amide bonds. The third kappa shape index (κ3) is 5.21. The average Bonchev–Trinajstić information content (AvgIpc) is 2.76. The van der Waals surface area contributed by atoms with E-state index < -0.39 is 18.4 Å². The van der Waals surface area contributed by atoms with Crippen molar-refractivity contribution in [1.82, 2.24) is 10.3 Å². The first-order valence-electron chi connectivity index (χ1n) is 8.85. The number of aromatic nitrogens is 1. The Labute approximate surface area is 176 Å². The lowest BCUT2D eigenvalue weighted by Crippen LogP contribution is -2.30. The van der Waals surface area contributed by atoms with E-state index in [9.17, 15) is 19.2 Å². The normalized spacial score (nSPS) is 10.3. The highest BCUT2D eigenvalue weighted by Crippen LogP contribution is 2.34. The summed E-state index contributed by atoms with van der Waals surface area (Å²) in [5.41, 5.74) is 2.94. The highest BCUT2D eigenvalue weighted by molar-refractivity contribution is 8.00. The van der Waals surface area contributed by atoms with Crippen LogP contribution in [0.3, 0.4) is 0 Å². The number of rotatable bonds is 7. The smallest absolute Gasteiger partial charge is 0.322 e. The number of halogens is 1. The Balaban J connectivity index is 2.02. The second-order valence-corrected chi connectivity index (χ2v) is 7.14. The minimum atomic E-state index is -1.14. The number of nitrogens with zero attached hydrogens (tertiary/aromatic N) is 2. The third-order valence-corrected chi connectivity index (χ3v) is 5.07. The number of amides is 1. The molecule has 1 heterocycles. The van der Waals surface area contributed by atoms with Crippen molar-refractivity contribution in [1.29, 1.82) is 5.26 Å². The Morgan fingerprint density at radius 2 is 1.80 bits per heavy atom. The molecular weight excluding hydrogens is 405 g/mol. The Morgan fingerprint density at radius 3 is 2.43 bits per heavy atom. The molecule has 0 aliphatic heterocycles. The second kappa shape index (κ2) is 9.67. The van der Waals surface area contributed by atoms with Gasteiger partial charge in [-0.3, -0.25) is 9.59 Å². The van der Waals surface area contributed by atoms with Crippen molar-refractivity contribution in [3.8, 4) is 28.5 Å². The predicted molar refractivity (Wildman–Crippen MR) is 111 cm³/mol. The third-order valence-electron chi connectivity index (χ3n) is 4.10. The van der Waals surface area contributed by atoms with Crippen LogP contribution in [0, 0.1) is 17.1 Å². The first kappa shape index (κ1) is 21.0. The molecule has 150 valence electrons. The van der Waals surface area contributed by atoms with Crippen LogP contribution in [0.5, 0.6) is 0 Å². The van der Waals surface area contributed by atoms with Crippen LogP contribution in [0.4, 0.5) is 4.39 Å². The number of hydrogen-bond acceptors (Lipinski definition) is 5. The molecule has 0 bridgehead atoms. The van der Waals surface area contributed by atoms with E-state index in [0.29, 0.717) is 27.4 Å². The van der Waals surface area contributed by atoms with Crippen LogP contribution in [-0.4, -0.2) is 34.3 Å². The number of carboxylic acids is 1. The summed E-state index contributed by atoms with van der Waals surface area (Å²) in [6, 6.07) is 19.0. The maximum Gasteiger partial charge on any atom is 0.322 e. The lowest BCUT2D eigenvalue weighted by molar-refractivity contribution is -0.137. The topological polar surface area (TPSA) is 103 Å². The zero-order valence-corrected chi connectivity index (χ0v) is 16.4. The van der Waals surface area contributed by atoms with E-state index in [2.05, 4.69) is 16.4 Å². The quantitative estimate of drug-likeness (QED) is 0.564. The Bertz CT molecular complexity index is 1110. The standard InChI is InChI=1S/C22H16FN3O3S/c23-16-8-6-15(7-9-16)19-10-17(14-4-2-1-3-5-14)18(11-24)22(26-19)30-13-20(27)25-12-21(28)29/h1-10H,12-13H2,(H,25,27)(H,28,29). The molecule has 0 saturated heterocycles. The first-order chi connectivity index (χ1) is 14.5. The number of hydrogen-bond donors (Lipinski definition) is 2. The van der Waals surface area contributed by atoms with Crippen LogP contribution in [0.1, 0.15) is 5.56 Å². The van der Waals surface area contributed by atoms with E-state index in [4.69, 9.17) is 5.11 Å². The number of nitriles is 1. The van der Waals surface area contributed by atoms with Crippen molar-refractivity contribution < 1.29 is 19.1 Å². The number of aliphatic carboxylic acids is 1. The average molecular weight is 421 g/mol. The molecule has 0 spiro atoms. The molecule has 0 unspecified atom stereocenters. The van der Waals surface area contributed by atoms with Crippen molar-refractivity contribution >= 4 is 23.6 Å². The summed E-state index contributed by atoms with van der Waals surface area (Å²) in [4.78, 5) is 27.0. The van der Waals surface area contributed by atoms with Crippen LogP contribution in [0.15, 0.2) is 65.7 Å². The molecule has 30 heavy (non-hydrogen) atoms. The zero-order chi connectivity index (χ0) is 21.5. The summed E-state index contributed by atoms with van der Waals surface area (Å²) in [6.07, 6.45) is 0. The summed E-state index contributed by atoms with van der Waals surface area (Å²) in [6.45, 7) is -0.483. The summed E-state index contributed by atoms with van der Waals surface area (Å²) < 4.78 is 13.3. The minimum absolute atomic E-state index is 0.101. The molecule has 0 aliphatic rings. The van der Waals surface area contributed by atoms with Gasteiger partial charge in [-0.25, -0.2) is 9.37 Å². The molecule has 0 saturated carbocycles. The maximum atomic E-state index is 13.3. The maximum absolute atomic E-state index is 13.3. The summed E-state index contributed by atoms with van der Waals surface area (Å²) in [5, 5.41) is 21.1. The number of thioether (sulfide) groups is 1. The molecular formula is C22H16FN3O3S. The number of carbonyl (C=O) groups is 2. The molecule has 0 radical (unpaired) electrons. The van der Waals surface area contributed by atoms with Gasteiger partial charge >= 0.3 is 5.97 Å². The van der Waals surface area contributed by atoms with E-state index in [1.165, 1.54) is 12.1 Å². The Morgan fingerprint density at radius 1 is 1.10 bits per heavy atom. The van der Waals surface area contributed by atoms with Crippen LogP contribution < -0.4 is 5.32 Å². The molecule has 3 rings (SSSR count). The van der Waals surface area contributed by atoms with Crippen molar-refractivity contribution in [3.63, 3.8) is 0 Å². The van der Waals surface area contributed by atoms with Crippen molar-refractivity contribution in [2.45, 2.75) is 5.03 Å². The van der Waals surface area contributed by atoms with Gasteiger partial charge in [-0.15, -0.1) is 0 Å². The predicted octanol–water partition coefficient (Wildman–Crippen LogP) is 3.72. The van der Waals surface area contributed by atoms with Gasteiger partial charge in [0.05, 0.1) is 17.0 Å². The number of pyridine rings is 1.